The Morgan fingerprint density at radius 2 is 2.00 bits per heavy atom. The van der Waals surface area contributed by atoms with Gasteiger partial charge in [0.1, 0.15) is 0 Å². The van der Waals surface area contributed by atoms with E-state index in [4.69, 9.17) is 9.47 Å². The molecule has 1 aromatic carbocycles. The second kappa shape index (κ2) is 5.46. The smallest absolute Gasteiger partial charge is 0.203 e. The lowest BCUT2D eigenvalue weighted by Crippen LogP contribution is -2.80. The van der Waals surface area contributed by atoms with Crippen molar-refractivity contribution in [1.29, 1.82) is 0 Å². The molecule has 0 radical (unpaired) electrons. The van der Waals surface area contributed by atoms with Crippen molar-refractivity contribution in [3.8, 4) is 17.2 Å². The average molecular weight is 212 g/mol. The van der Waals surface area contributed by atoms with E-state index in [-0.39, 0.29) is 5.75 Å². The van der Waals surface area contributed by atoms with Gasteiger partial charge in [-0.3, -0.25) is 0 Å². The summed E-state index contributed by atoms with van der Waals surface area (Å²) in [5, 5.41) is 11.8. The molecule has 0 heterocycles. The Hall–Kier alpha value is -1.42. The average Bonchev–Trinajstić information content (AvgIpc) is 2.25. The first-order chi connectivity index (χ1) is 7.22. The number of nitrogens with two attached hydrogens (primary N) is 1. The minimum Gasteiger partial charge on any atom is -0.504 e. The number of rotatable bonds is 5. The largest absolute Gasteiger partial charge is 0.504 e. The van der Waals surface area contributed by atoms with E-state index in [1.165, 1.54) is 7.11 Å². The molecule has 3 N–H and O–H groups in total. The molecule has 0 fully saturated rings. The van der Waals surface area contributed by atoms with Crippen LogP contribution in [-0.4, -0.2) is 32.9 Å². The summed E-state index contributed by atoms with van der Waals surface area (Å²) in [6, 6.07) is 3.60. The first-order valence-electron chi connectivity index (χ1n) is 4.94. The van der Waals surface area contributed by atoms with Gasteiger partial charge in [-0.15, -0.1) is 0 Å². The Morgan fingerprint density at radius 3 is 2.53 bits per heavy atom. The van der Waals surface area contributed by atoms with Crippen molar-refractivity contribution < 1.29 is 19.9 Å². The predicted octanol–water partition coefficient (Wildman–Crippen LogP) is 0.145. The summed E-state index contributed by atoms with van der Waals surface area (Å²) < 4.78 is 10.2. The van der Waals surface area contributed by atoms with Crippen LogP contribution in [0.3, 0.4) is 0 Å². The van der Waals surface area contributed by atoms with Crippen molar-refractivity contribution in [3.05, 3.63) is 17.7 Å². The van der Waals surface area contributed by atoms with E-state index >= 15 is 0 Å². The molecule has 1 aromatic rings. The molecule has 0 saturated heterocycles. The van der Waals surface area contributed by atoms with Gasteiger partial charge in [-0.1, -0.05) is 0 Å². The van der Waals surface area contributed by atoms with Crippen LogP contribution in [0.2, 0.25) is 0 Å². The fraction of sp³-hybridized carbons (Fsp3) is 0.455. The van der Waals surface area contributed by atoms with Gasteiger partial charge >= 0.3 is 0 Å². The molecule has 0 aliphatic heterocycles. The summed E-state index contributed by atoms with van der Waals surface area (Å²) in [5.41, 5.74) is 1.04. The lowest BCUT2D eigenvalue weighted by Gasteiger charge is -2.11. The SMILES string of the molecule is C[NH2+]CCc1cc(O)c(OC)c(OC)c1. The Labute approximate surface area is 89.8 Å². The molecule has 0 aliphatic carbocycles. The molecular weight excluding hydrogens is 194 g/mol. The standard InChI is InChI=1S/C11H17NO3/c1-12-5-4-8-6-9(13)11(15-3)10(7-8)14-2/h6-7,12-13H,4-5H2,1-3H3/p+1. The molecule has 1 rings (SSSR count). The third kappa shape index (κ3) is 2.76. The van der Waals surface area contributed by atoms with Crippen molar-refractivity contribution in [3.63, 3.8) is 0 Å². The topological polar surface area (TPSA) is 55.3 Å². The molecular formula is C11H18NO3+. The minimum absolute atomic E-state index is 0.128. The van der Waals surface area contributed by atoms with Gasteiger partial charge in [0.15, 0.2) is 11.5 Å². The first kappa shape index (κ1) is 11.7. The third-order valence-corrected chi connectivity index (χ3v) is 2.24. The number of hydrogen-bond acceptors (Lipinski definition) is 3. The summed E-state index contributed by atoms with van der Waals surface area (Å²) >= 11 is 0. The van der Waals surface area contributed by atoms with E-state index in [0.717, 1.165) is 18.5 Å². The number of benzene rings is 1. The Kier molecular flexibility index (Phi) is 4.24. The molecule has 0 aliphatic rings. The normalized spacial score (nSPS) is 10.1. The number of quaternary nitrogens is 1. The number of ether oxygens (including phenoxy) is 2. The Morgan fingerprint density at radius 1 is 1.27 bits per heavy atom. The molecule has 84 valence electrons. The van der Waals surface area contributed by atoms with E-state index < -0.39 is 0 Å². The molecule has 0 amide bonds. The van der Waals surface area contributed by atoms with Gasteiger partial charge in [-0.05, 0) is 17.7 Å². The van der Waals surface area contributed by atoms with Gasteiger partial charge in [-0.2, -0.15) is 0 Å². The van der Waals surface area contributed by atoms with E-state index in [1.54, 1.807) is 13.2 Å². The summed E-state index contributed by atoms with van der Waals surface area (Å²) in [6.45, 7) is 0.981. The third-order valence-electron chi connectivity index (χ3n) is 2.24. The fourth-order valence-corrected chi connectivity index (χ4v) is 1.46. The molecule has 0 aromatic heterocycles. The highest BCUT2D eigenvalue weighted by molar-refractivity contribution is 5.53. The van der Waals surface area contributed by atoms with Crippen LogP contribution in [0.1, 0.15) is 5.56 Å². The second-order valence-corrected chi connectivity index (χ2v) is 3.30. The summed E-state index contributed by atoms with van der Waals surface area (Å²) in [5.74, 6) is 1.09. The lowest BCUT2D eigenvalue weighted by molar-refractivity contribution is -0.626. The number of likely N-dealkylation sites (N-methyl/N-ethyl adjacent to an activating group) is 1. The van der Waals surface area contributed by atoms with Gasteiger partial charge in [0.05, 0.1) is 27.8 Å². The van der Waals surface area contributed by atoms with E-state index in [9.17, 15) is 5.11 Å². The van der Waals surface area contributed by atoms with Crippen LogP contribution in [0.15, 0.2) is 12.1 Å². The maximum atomic E-state index is 9.69. The van der Waals surface area contributed by atoms with E-state index in [0.29, 0.717) is 11.5 Å². The van der Waals surface area contributed by atoms with Crippen molar-refractivity contribution in [2.24, 2.45) is 0 Å². The Balaban J connectivity index is 2.97. The minimum atomic E-state index is 0.128. The number of aromatic hydroxyl groups is 1. The van der Waals surface area contributed by atoms with Crippen LogP contribution >= 0.6 is 0 Å². The van der Waals surface area contributed by atoms with Gasteiger partial charge in [-0.25, -0.2) is 0 Å². The van der Waals surface area contributed by atoms with Crippen LogP contribution in [0.25, 0.3) is 0 Å². The number of hydrogen-bond donors (Lipinski definition) is 2. The van der Waals surface area contributed by atoms with Crippen molar-refractivity contribution in [2.75, 3.05) is 27.8 Å². The highest BCUT2D eigenvalue weighted by atomic mass is 16.5. The number of methoxy groups -OCH3 is 2. The van der Waals surface area contributed by atoms with Gasteiger partial charge < -0.3 is 19.9 Å². The number of phenols is 1. The monoisotopic (exact) mass is 212 g/mol. The van der Waals surface area contributed by atoms with Gasteiger partial charge in [0.2, 0.25) is 5.75 Å². The zero-order chi connectivity index (χ0) is 11.3. The molecule has 0 spiro atoms. The van der Waals surface area contributed by atoms with Crippen LogP contribution in [0, 0.1) is 0 Å². The van der Waals surface area contributed by atoms with Crippen LogP contribution < -0.4 is 14.8 Å². The quantitative estimate of drug-likeness (QED) is 0.730. The van der Waals surface area contributed by atoms with Crippen LogP contribution in [0.4, 0.5) is 0 Å². The van der Waals surface area contributed by atoms with Crippen LogP contribution in [0.5, 0.6) is 17.2 Å². The van der Waals surface area contributed by atoms with Crippen LogP contribution in [-0.2, 0) is 6.42 Å². The van der Waals surface area contributed by atoms with Crippen molar-refractivity contribution in [2.45, 2.75) is 6.42 Å². The molecule has 0 unspecified atom stereocenters. The predicted molar refractivity (Wildman–Crippen MR) is 57.6 cm³/mol. The highest BCUT2D eigenvalue weighted by Crippen LogP contribution is 2.37. The fourth-order valence-electron chi connectivity index (χ4n) is 1.46. The molecule has 0 atom stereocenters. The summed E-state index contributed by atoms with van der Waals surface area (Å²) in [7, 11) is 5.09. The van der Waals surface area contributed by atoms with E-state index in [2.05, 4.69) is 5.32 Å². The molecule has 0 bridgehead atoms. The van der Waals surface area contributed by atoms with Crippen molar-refractivity contribution >= 4 is 0 Å². The highest BCUT2D eigenvalue weighted by Gasteiger charge is 2.11. The Bertz CT molecular complexity index is 326. The second-order valence-electron chi connectivity index (χ2n) is 3.30. The van der Waals surface area contributed by atoms with Crippen molar-refractivity contribution in [1.82, 2.24) is 0 Å². The maximum Gasteiger partial charge on any atom is 0.203 e. The molecule has 4 heteroatoms. The lowest BCUT2D eigenvalue weighted by atomic mass is 10.1. The van der Waals surface area contributed by atoms with E-state index in [1.807, 2.05) is 13.1 Å². The summed E-state index contributed by atoms with van der Waals surface area (Å²) in [4.78, 5) is 0. The zero-order valence-electron chi connectivity index (χ0n) is 9.41. The molecule has 0 saturated carbocycles. The molecule has 15 heavy (non-hydrogen) atoms. The first-order valence-corrected chi connectivity index (χ1v) is 4.94. The molecule has 4 nitrogen and oxygen atoms in total. The van der Waals surface area contributed by atoms with Gasteiger partial charge in [0, 0.05) is 6.42 Å². The maximum absolute atomic E-state index is 9.69. The summed E-state index contributed by atoms with van der Waals surface area (Å²) in [6.07, 6.45) is 0.893. The van der Waals surface area contributed by atoms with Gasteiger partial charge in [0.25, 0.3) is 0 Å². The zero-order valence-corrected chi connectivity index (χ0v) is 9.41. The number of phenolic OH excluding ortho intramolecular Hbond substituents is 1.